The number of ether oxygens (including phenoxy) is 1. The van der Waals surface area contributed by atoms with Crippen LogP contribution in [0.5, 0.6) is 0 Å². The summed E-state index contributed by atoms with van der Waals surface area (Å²) >= 11 is 0. The molecule has 0 saturated heterocycles. The first kappa shape index (κ1) is 17.9. The Bertz CT molecular complexity index is 558. The first-order chi connectivity index (χ1) is 9.59. The number of halogens is 3. The highest BCUT2D eigenvalue weighted by Gasteiger charge is 2.33. The minimum Gasteiger partial charge on any atom is -0.384 e. The molecule has 0 saturated carbocycles. The van der Waals surface area contributed by atoms with Gasteiger partial charge in [-0.3, -0.25) is 4.98 Å². The van der Waals surface area contributed by atoms with Crippen LogP contribution >= 0.6 is 0 Å². The summed E-state index contributed by atoms with van der Waals surface area (Å²) in [5, 5.41) is 0. The predicted molar refractivity (Wildman–Crippen MR) is 70.1 cm³/mol. The van der Waals surface area contributed by atoms with Crippen LogP contribution in [0, 0.1) is 5.92 Å². The first-order valence-corrected chi connectivity index (χ1v) is 7.51. The normalized spacial score (nSPS) is 14.4. The van der Waals surface area contributed by atoms with E-state index >= 15 is 0 Å². The second kappa shape index (κ2) is 6.71. The molecular weight excluding hydrogens is 309 g/mol. The van der Waals surface area contributed by atoms with Gasteiger partial charge < -0.3 is 4.74 Å². The van der Waals surface area contributed by atoms with Gasteiger partial charge in [0.2, 0.25) is 10.0 Å². The molecular formula is C12H17F3N2O3S. The van der Waals surface area contributed by atoms with Crippen molar-refractivity contribution in [2.45, 2.75) is 18.0 Å². The maximum Gasteiger partial charge on any atom is 0.433 e. The molecule has 0 aliphatic rings. The van der Waals surface area contributed by atoms with Gasteiger partial charge in [0.1, 0.15) is 10.6 Å². The topological polar surface area (TPSA) is 59.5 Å². The van der Waals surface area contributed by atoms with Crippen LogP contribution in [0.25, 0.3) is 0 Å². The predicted octanol–water partition coefficient (Wildman–Crippen LogP) is 2.00. The van der Waals surface area contributed by atoms with Gasteiger partial charge in [0.25, 0.3) is 0 Å². The molecule has 9 heteroatoms. The van der Waals surface area contributed by atoms with Gasteiger partial charge in [0.15, 0.2) is 0 Å². The quantitative estimate of drug-likeness (QED) is 0.802. The van der Waals surface area contributed by atoms with E-state index < -0.39 is 21.9 Å². The van der Waals surface area contributed by atoms with E-state index in [-0.39, 0.29) is 17.4 Å². The molecule has 0 spiro atoms. The fourth-order valence-electron chi connectivity index (χ4n) is 1.75. The zero-order valence-electron chi connectivity index (χ0n) is 11.9. The minimum absolute atomic E-state index is 0.0443. The Kier molecular flexibility index (Phi) is 5.71. The summed E-state index contributed by atoms with van der Waals surface area (Å²) in [6.07, 6.45) is -3.88. The average molecular weight is 326 g/mol. The molecule has 21 heavy (non-hydrogen) atoms. The largest absolute Gasteiger partial charge is 0.433 e. The van der Waals surface area contributed by atoms with E-state index in [1.54, 1.807) is 6.92 Å². The molecule has 5 nitrogen and oxygen atoms in total. The number of alkyl halides is 3. The summed E-state index contributed by atoms with van der Waals surface area (Å²) < 4.78 is 67.6. The number of hydrogen-bond acceptors (Lipinski definition) is 4. The maximum absolute atomic E-state index is 12.4. The van der Waals surface area contributed by atoms with Crippen LogP contribution in [0.2, 0.25) is 0 Å². The van der Waals surface area contributed by atoms with Gasteiger partial charge in [0.05, 0.1) is 0 Å². The van der Waals surface area contributed by atoms with E-state index in [1.807, 2.05) is 0 Å². The van der Waals surface area contributed by atoms with Crippen molar-refractivity contribution in [3.63, 3.8) is 0 Å². The van der Waals surface area contributed by atoms with Gasteiger partial charge in [-0.15, -0.1) is 0 Å². The maximum atomic E-state index is 12.4. The Balaban J connectivity index is 2.92. The van der Waals surface area contributed by atoms with Crippen molar-refractivity contribution in [1.29, 1.82) is 0 Å². The fourth-order valence-corrected chi connectivity index (χ4v) is 2.99. The third kappa shape index (κ3) is 4.65. The molecule has 0 fully saturated rings. The molecule has 1 atom stereocenters. The van der Waals surface area contributed by atoms with Gasteiger partial charge in [-0.25, -0.2) is 12.7 Å². The lowest BCUT2D eigenvalue weighted by Gasteiger charge is -2.20. The van der Waals surface area contributed by atoms with Gasteiger partial charge >= 0.3 is 6.18 Å². The molecule has 0 amide bonds. The second-order valence-corrected chi connectivity index (χ2v) is 6.77. The van der Waals surface area contributed by atoms with Crippen LogP contribution in [-0.4, -0.2) is 45.0 Å². The Morgan fingerprint density at radius 2 is 2.00 bits per heavy atom. The monoisotopic (exact) mass is 326 g/mol. The van der Waals surface area contributed by atoms with Crippen molar-refractivity contribution in [3.05, 3.63) is 24.0 Å². The number of rotatable bonds is 6. The van der Waals surface area contributed by atoms with Crippen LogP contribution < -0.4 is 0 Å². The van der Waals surface area contributed by atoms with Crippen molar-refractivity contribution in [2.75, 3.05) is 27.3 Å². The molecule has 1 unspecified atom stereocenters. The summed E-state index contributed by atoms with van der Waals surface area (Å²) in [4.78, 5) is 2.88. The summed E-state index contributed by atoms with van der Waals surface area (Å²) in [7, 11) is -1.00. The van der Waals surface area contributed by atoms with Crippen molar-refractivity contribution in [3.8, 4) is 0 Å². The molecule has 0 radical (unpaired) electrons. The minimum atomic E-state index is -4.60. The van der Waals surface area contributed by atoms with Crippen molar-refractivity contribution >= 4 is 10.0 Å². The van der Waals surface area contributed by atoms with Crippen LogP contribution in [0.1, 0.15) is 12.6 Å². The number of methoxy groups -OCH3 is 1. The number of nitrogens with zero attached hydrogens (tertiary/aromatic N) is 2. The highest BCUT2D eigenvalue weighted by molar-refractivity contribution is 7.89. The highest BCUT2D eigenvalue weighted by Crippen LogP contribution is 2.28. The van der Waals surface area contributed by atoms with E-state index in [2.05, 4.69) is 4.98 Å². The van der Waals surface area contributed by atoms with E-state index in [9.17, 15) is 21.6 Å². The van der Waals surface area contributed by atoms with Crippen LogP contribution in [0.4, 0.5) is 13.2 Å². The van der Waals surface area contributed by atoms with Crippen LogP contribution in [-0.2, 0) is 20.9 Å². The lowest BCUT2D eigenvalue weighted by atomic mass is 10.2. The lowest BCUT2D eigenvalue weighted by molar-refractivity contribution is -0.141. The number of hydrogen-bond donors (Lipinski definition) is 0. The van der Waals surface area contributed by atoms with Crippen LogP contribution in [0.3, 0.4) is 0 Å². The number of pyridine rings is 1. The summed E-state index contributed by atoms with van der Waals surface area (Å²) in [6, 6.07) is 1.56. The zero-order chi connectivity index (χ0) is 16.3. The summed E-state index contributed by atoms with van der Waals surface area (Å²) in [6.45, 7) is 2.38. The summed E-state index contributed by atoms with van der Waals surface area (Å²) in [5.74, 6) is -0.0443. The molecule has 1 heterocycles. The Morgan fingerprint density at radius 1 is 1.38 bits per heavy atom. The lowest BCUT2D eigenvalue weighted by Crippen LogP contribution is -2.32. The SMILES string of the molecule is COCC(C)CN(C)S(=O)(=O)c1ccc(C(F)(F)F)nc1. The molecule has 1 aromatic rings. The third-order valence-electron chi connectivity index (χ3n) is 2.75. The number of sulfonamides is 1. The summed E-state index contributed by atoms with van der Waals surface area (Å²) in [5.41, 5.74) is -1.13. The molecule has 0 aromatic carbocycles. The van der Waals surface area contributed by atoms with E-state index in [1.165, 1.54) is 14.2 Å². The Labute approximate surface area is 121 Å². The third-order valence-corrected chi connectivity index (χ3v) is 4.56. The van der Waals surface area contributed by atoms with E-state index in [0.717, 1.165) is 16.6 Å². The van der Waals surface area contributed by atoms with Crippen LogP contribution in [0.15, 0.2) is 23.2 Å². The fraction of sp³-hybridized carbons (Fsp3) is 0.583. The second-order valence-electron chi connectivity index (χ2n) is 4.72. The van der Waals surface area contributed by atoms with Crippen molar-refractivity contribution in [2.24, 2.45) is 5.92 Å². The molecule has 0 aliphatic heterocycles. The molecule has 0 aliphatic carbocycles. The molecule has 1 aromatic heterocycles. The van der Waals surface area contributed by atoms with Gasteiger partial charge in [-0.05, 0) is 18.1 Å². The molecule has 0 N–H and O–H groups in total. The van der Waals surface area contributed by atoms with Gasteiger partial charge in [-0.1, -0.05) is 6.92 Å². The smallest absolute Gasteiger partial charge is 0.384 e. The zero-order valence-corrected chi connectivity index (χ0v) is 12.7. The van der Waals surface area contributed by atoms with E-state index in [0.29, 0.717) is 12.7 Å². The van der Waals surface area contributed by atoms with E-state index in [4.69, 9.17) is 4.74 Å². The number of aromatic nitrogens is 1. The average Bonchev–Trinajstić information content (AvgIpc) is 2.38. The molecule has 0 bridgehead atoms. The standard InChI is InChI=1S/C12H17F3N2O3S/c1-9(8-20-3)7-17(2)21(18,19)10-4-5-11(16-6-10)12(13,14)15/h4-6,9H,7-8H2,1-3H3. The molecule has 1 rings (SSSR count). The van der Waals surface area contributed by atoms with Crippen molar-refractivity contribution < 1.29 is 26.3 Å². The van der Waals surface area contributed by atoms with Gasteiger partial charge in [-0.2, -0.15) is 13.2 Å². The Morgan fingerprint density at radius 3 is 2.43 bits per heavy atom. The van der Waals surface area contributed by atoms with Crippen molar-refractivity contribution in [1.82, 2.24) is 9.29 Å². The first-order valence-electron chi connectivity index (χ1n) is 6.07. The Hall–Kier alpha value is -1.19. The highest BCUT2D eigenvalue weighted by atomic mass is 32.2. The van der Waals surface area contributed by atoms with Gasteiger partial charge in [0, 0.05) is 33.5 Å². The molecule has 120 valence electrons.